The van der Waals surface area contributed by atoms with Crippen LogP contribution in [0.15, 0.2) is 0 Å². The third-order valence-electron chi connectivity index (χ3n) is 0.547. The van der Waals surface area contributed by atoms with Crippen LogP contribution in [0, 0.1) is 0 Å². The van der Waals surface area contributed by atoms with Crippen molar-refractivity contribution in [1.82, 2.24) is 0 Å². The second-order valence-corrected chi connectivity index (χ2v) is 1.62. The maximum atomic E-state index is 10.2. The fraction of sp³-hybridized carbons (Fsp3) is 0.750. The van der Waals surface area contributed by atoms with Gasteiger partial charge in [-0.1, -0.05) is 0 Å². The van der Waals surface area contributed by atoms with E-state index in [0.717, 1.165) is 6.42 Å². The molecule has 7 heavy (non-hydrogen) atoms. The average molecular weight is 183 g/mol. The number of rotatable bonds is 2. The van der Waals surface area contributed by atoms with Crippen molar-refractivity contribution < 1.29 is 28.4 Å². The molecule has 0 aromatic rings. The van der Waals surface area contributed by atoms with Gasteiger partial charge in [0, 0.05) is 0 Å². The van der Waals surface area contributed by atoms with E-state index in [9.17, 15) is 4.79 Å². The SMILES string of the molecule is CCCC(=O)[O][Mo]. The summed E-state index contributed by atoms with van der Waals surface area (Å²) in [6.45, 7) is 1.94. The van der Waals surface area contributed by atoms with E-state index < -0.39 is 0 Å². The molecule has 2 nitrogen and oxygen atoms in total. The van der Waals surface area contributed by atoms with Crippen LogP contribution in [0.5, 0.6) is 0 Å². The summed E-state index contributed by atoms with van der Waals surface area (Å²) in [4.78, 5) is 10.2. The van der Waals surface area contributed by atoms with Crippen LogP contribution in [0.2, 0.25) is 0 Å². The van der Waals surface area contributed by atoms with Crippen molar-refractivity contribution in [2.45, 2.75) is 19.8 Å². The summed E-state index contributed by atoms with van der Waals surface area (Å²) in [5.41, 5.74) is 0. The molecular formula is C4H7MoO2. The number of hydrogen-bond donors (Lipinski definition) is 0. The Morgan fingerprint density at radius 1 is 1.86 bits per heavy atom. The summed E-state index contributed by atoms with van der Waals surface area (Å²) < 4.78 is 4.36. The Labute approximate surface area is 54.6 Å². The molecular weight excluding hydrogens is 176 g/mol. The third-order valence-corrected chi connectivity index (χ3v) is 1.00. The normalized spacial score (nSPS) is 8.14. The molecule has 0 radical (unpaired) electrons. The molecule has 0 rings (SSSR count). The van der Waals surface area contributed by atoms with Crippen LogP contribution in [0.4, 0.5) is 0 Å². The van der Waals surface area contributed by atoms with Gasteiger partial charge in [-0.15, -0.1) is 0 Å². The van der Waals surface area contributed by atoms with Gasteiger partial charge in [-0.2, -0.15) is 0 Å². The Kier molecular flexibility index (Phi) is 4.42. The summed E-state index contributed by atoms with van der Waals surface area (Å²) in [7, 11) is 0. The molecule has 0 bridgehead atoms. The zero-order chi connectivity index (χ0) is 5.70. The van der Waals surface area contributed by atoms with Crippen LogP contribution in [0.25, 0.3) is 0 Å². The van der Waals surface area contributed by atoms with E-state index in [0.29, 0.717) is 6.42 Å². The van der Waals surface area contributed by atoms with E-state index in [1.807, 2.05) is 6.92 Å². The molecule has 0 fully saturated rings. The fourth-order valence-electron chi connectivity index (χ4n) is 0.246. The topological polar surface area (TPSA) is 26.3 Å². The van der Waals surface area contributed by atoms with E-state index >= 15 is 0 Å². The first kappa shape index (κ1) is 7.16. The molecule has 0 spiro atoms. The van der Waals surface area contributed by atoms with Gasteiger partial charge in [0.25, 0.3) is 0 Å². The van der Waals surface area contributed by atoms with Crippen LogP contribution in [-0.2, 0) is 28.4 Å². The van der Waals surface area contributed by atoms with E-state index in [2.05, 4.69) is 3.39 Å². The summed E-state index contributed by atoms with van der Waals surface area (Å²) in [5.74, 6) is -0.118. The van der Waals surface area contributed by atoms with Gasteiger partial charge in [-0.25, -0.2) is 0 Å². The fourth-order valence-corrected chi connectivity index (χ4v) is 0.451. The van der Waals surface area contributed by atoms with Gasteiger partial charge in [-0.3, -0.25) is 0 Å². The molecule has 3 heteroatoms. The maximum absolute atomic E-state index is 10.2. The van der Waals surface area contributed by atoms with Crippen LogP contribution >= 0.6 is 0 Å². The minimum absolute atomic E-state index is 0.118. The molecule has 0 amide bonds. The molecule has 0 aliphatic heterocycles. The van der Waals surface area contributed by atoms with Crippen molar-refractivity contribution in [3.63, 3.8) is 0 Å². The number of carbonyl (C=O) groups excluding carboxylic acids is 1. The molecule has 0 atom stereocenters. The van der Waals surface area contributed by atoms with Crippen LogP contribution in [0.1, 0.15) is 19.8 Å². The number of hydrogen-bond acceptors (Lipinski definition) is 2. The van der Waals surface area contributed by atoms with Crippen molar-refractivity contribution in [1.29, 1.82) is 0 Å². The van der Waals surface area contributed by atoms with Gasteiger partial charge >= 0.3 is 54.1 Å². The Bertz CT molecular complexity index is 62.7. The Balaban J connectivity index is 3.00. The number of carbonyl (C=O) groups is 1. The second kappa shape index (κ2) is 4.32. The van der Waals surface area contributed by atoms with Gasteiger partial charge in [0.05, 0.1) is 0 Å². The first-order valence-corrected chi connectivity index (χ1v) is 2.95. The molecule has 0 aliphatic carbocycles. The van der Waals surface area contributed by atoms with Gasteiger partial charge < -0.3 is 0 Å². The molecule has 0 N–H and O–H groups in total. The Hall–Kier alpha value is 0.158. The Morgan fingerprint density at radius 2 is 2.43 bits per heavy atom. The zero-order valence-electron chi connectivity index (χ0n) is 4.14. The van der Waals surface area contributed by atoms with E-state index in [-0.39, 0.29) is 5.97 Å². The van der Waals surface area contributed by atoms with E-state index in [1.54, 1.807) is 0 Å². The molecule has 0 unspecified atom stereocenters. The molecule has 0 saturated carbocycles. The average Bonchev–Trinajstić information content (AvgIpc) is 1.68. The standard InChI is InChI=1S/C4H8O2.Mo/c1-2-3-4(5)6;/h2-3H2,1H3,(H,5,6);/q;+1/p-1. The van der Waals surface area contributed by atoms with Gasteiger partial charge in [0.1, 0.15) is 0 Å². The summed E-state index contributed by atoms with van der Waals surface area (Å²) in [6, 6.07) is 0. The predicted octanol–water partition coefficient (Wildman–Crippen LogP) is 0.791. The first-order valence-electron chi connectivity index (χ1n) is 2.14. The quantitative estimate of drug-likeness (QED) is 0.591. The third kappa shape index (κ3) is 4.00. The molecule has 0 aliphatic rings. The molecule has 41 valence electrons. The summed E-state index contributed by atoms with van der Waals surface area (Å²) in [6.07, 6.45) is 1.41. The molecule has 0 heterocycles. The summed E-state index contributed by atoms with van der Waals surface area (Å²) >= 11 is 1.34. The zero-order valence-corrected chi connectivity index (χ0v) is 6.15. The monoisotopic (exact) mass is 185 g/mol. The molecule has 0 saturated heterocycles. The van der Waals surface area contributed by atoms with Gasteiger partial charge in [0.15, 0.2) is 0 Å². The van der Waals surface area contributed by atoms with Crippen LogP contribution < -0.4 is 0 Å². The van der Waals surface area contributed by atoms with Gasteiger partial charge in [-0.05, 0) is 0 Å². The molecule has 0 aromatic heterocycles. The van der Waals surface area contributed by atoms with Crippen molar-refractivity contribution in [2.75, 3.05) is 0 Å². The van der Waals surface area contributed by atoms with Gasteiger partial charge in [0.2, 0.25) is 0 Å². The minimum atomic E-state index is -0.118. The van der Waals surface area contributed by atoms with Crippen LogP contribution in [-0.4, -0.2) is 5.97 Å². The van der Waals surface area contributed by atoms with Crippen molar-refractivity contribution in [3.8, 4) is 0 Å². The van der Waals surface area contributed by atoms with E-state index in [4.69, 9.17) is 0 Å². The van der Waals surface area contributed by atoms with Crippen LogP contribution in [0.3, 0.4) is 0 Å². The predicted molar refractivity (Wildman–Crippen MR) is 21.0 cm³/mol. The van der Waals surface area contributed by atoms with E-state index in [1.165, 1.54) is 20.2 Å². The van der Waals surface area contributed by atoms with Crippen molar-refractivity contribution >= 4 is 5.97 Å². The second-order valence-electron chi connectivity index (χ2n) is 1.21. The first-order chi connectivity index (χ1) is 3.31. The Morgan fingerprint density at radius 3 is 2.57 bits per heavy atom. The van der Waals surface area contributed by atoms with Crippen molar-refractivity contribution in [2.24, 2.45) is 0 Å². The molecule has 0 aromatic carbocycles. The van der Waals surface area contributed by atoms with Crippen molar-refractivity contribution in [3.05, 3.63) is 0 Å². The summed E-state index contributed by atoms with van der Waals surface area (Å²) in [5, 5.41) is 0.